The minimum Gasteiger partial charge on any atom is -0.480 e. The fourth-order valence-corrected chi connectivity index (χ4v) is 9.60. The van der Waals surface area contributed by atoms with Gasteiger partial charge in [0.1, 0.15) is 0 Å². The molecule has 4 fully saturated rings. The summed E-state index contributed by atoms with van der Waals surface area (Å²) in [6, 6.07) is 0. The van der Waals surface area contributed by atoms with Gasteiger partial charge < -0.3 is 31.9 Å². The van der Waals surface area contributed by atoms with E-state index in [1.165, 1.54) is 0 Å². The van der Waals surface area contributed by atoms with Crippen molar-refractivity contribution in [2.24, 2.45) is 57.8 Å². The molecule has 0 spiro atoms. The first-order valence-corrected chi connectivity index (χ1v) is 14.5. The van der Waals surface area contributed by atoms with Crippen LogP contribution in [0.5, 0.6) is 0 Å². The van der Waals surface area contributed by atoms with Crippen LogP contribution in [-0.2, 0) is 14.4 Å². The summed E-state index contributed by atoms with van der Waals surface area (Å²) >= 11 is 0. The first kappa shape index (κ1) is 29.4. The van der Waals surface area contributed by atoms with Crippen molar-refractivity contribution in [3.63, 3.8) is 0 Å². The van der Waals surface area contributed by atoms with Crippen LogP contribution in [0.3, 0.4) is 0 Å². The third-order valence-corrected chi connectivity index (χ3v) is 12.0. The van der Waals surface area contributed by atoms with Crippen molar-refractivity contribution in [3.8, 4) is 0 Å². The quantitative estimate of drug-likeness (QED) is 0.242. The van der Waals surface area contributed by atoms with Gasteiger partial charge in [-0.15, -0.1) is 0 Å². The molecule has 12 unspecified atom stereocenters. The van der Waals surface area contributed by atoms with Crippen molar-refractivity contribution in [1.29, 1.82) is 0 Å². The number of aliphatic carboxylic acids is 1. The summed E-state index contributed by atoms with van der Waals surface area (Å²) in [4.78, 5) is 35.9. The van der Waals surface area contributed by atoms with E-state index in [-0.39, 0.29) is 66.3 Å². The van der Waals surface area contributed by atoms with Crippen molar-refractivity contribution in [3.05, 3.63) is 0 Å². The van der Waals surface area contributed by atoms with Crippen LogP contribution in [0.4, 0.5) is 0 Å². The molecular formula is C29H48N2O7. The Hall–Kier alpha value is -1.55. The van der Waals surface area contributed by atoms with E-state index in [9.17, 15) is 34.8 Å². The van der Waals surface area contributed by atoms with Gasteiger partial charge >= 0.3 is 5.97 Å². The van der Waals surface area contributed by atoms with Crippen molar-refractivity contribution < 1.29 is 34.8 Å². The zero-order valence-corrected chi connectivity index (χ0v) is 23.1. The van der Waals surface area contributed by atoms with Gasteiger partial charge in [0.15, 0.2) is 11.3 Å². The number of aliphatic hydroxyl groups excluding tert-OH is 3. The van der Waals surface area contributed by atoms with Crippen LogP contribution in [0.25, 0.3) is 0 Å². The van der Waals surface area contributed by atoms with E-state index < -0.39 is 40.8 Å². The van der Waals surface area contributed by atoms with E-state index in [0.717, 1.165) is 32.1 Å². The Balaban J connectivity index is 1.48. The first-order chi connectivity index (χ1) is 17.7. The first-order valence-electron chi connectivity index (χ1n) is 14.5. The molecular weight excluding hydrogens is 488 g/mol. The third kappa shape index (κ3) is 4.71. The normalized spacial score (nSPS) is 44.7. The number of carboxylic acids is 1. The Bertz CT molecular complexity index is 944. The van der Waals surface area contributed by atoms with Gasteiger partial charge in [-0.05, 0) is 104 Å². The highest BCUT2D eigenvalue weighted by atomic mass is 16.4. The topological polar surface area (TPSA) is 184 Å². The molecule has 38 heavy (non-hydrogen) atoms. The molecule has 4 rings (SSSR count). The van der Waals surface area contributed by atoms with E-state index in [1.54, 1.807) is 0 Å². The maximum atomic E-state index is 12.9. The number of carboxylic acid groups (broad SMARTS) is 1. The molecule has 9 nitrogen and oxygen atoms in total. The van der Waals surface area contributed by atoms with E-state index in [0.29, 0.717) is 19.3 Å². The molecule has 0 radical (unpaired) electrons. The lowest BCUT2D eigenvalue weighted by atomic mass is 9.43. The second-order valence-corrected chi connectivity index (χ2v) is 13.7. The lowest BCUT2D eigenvalue weighted by Crippen LogP contribution is -2.62. The maximum Gasteiger partial charge on any atom is 0.331 e. The van der Waals surface area contributed by atoms with Crippen molar-refractivity contribution in [1.82, 2.24) is 0 Å². The number of aliphatic hydroxyl groups is 3. The summed E-state index contributed by atoms with van der Waals surface area (Å²) < 4.78 is 0. The molecule has 4 aliphatic rings. The number of fused-ring (bicyclic) bond motifs is 5. The summed E-state index contributed by atoms with van der Waals surface area (Å²) in [6.07, 6.45) is 4.08. The molecule has 0 aliphatic heterocycles. The highest BCUT2D eigenvalue weighted by Crippen LogP contribution is 2.68. The fourth-order valence-electron chi connectivity index (χ4n) is 9.60. The molecule has 0 saturated heterocycles. The predicted octanol–water partition coefficient (Wildman–Crippen LogP) is 1.98. The Kier molecular flexibility index (Phi) is 8.09. The van der Waals surface area contributed by atoms with Crippen LogP contribution in [0.1, 0.15) is 91.4 Å². The monoisotopic (exact) mass is 536 g/mol. The zero-order valence-electron chi connectivity index (χ0n) is 23.1. The van der Waals surface area contributed by atoms with Gasteiger partial charge in [0.05, 0.1) is 18.3 Å². The molecule has 0 aromatic heterocycles. The minimum atomic E-state index is -2.14. The van der Waals surface area contributed by atoms with Crippen molar-refractivity contribution in [2.75, 3.05) is 0 Å². The second kappa shape index (κ2) is 10.5. The molecule has 12 atom stereocenters. The molecule has 9 heteroatoms. The highest BCUT2D eigenvalue weighted by Gasteiger charge is 2.65. The third-order valence-electron chi connectivity index (χ3n) is 12.0. The molecule has 8 N–H and O–H groups in total. The highest BCUT2D eigenvalue weighted by molar-refractivity contribution is 6.07. The summed E-state index contributed by atoms with van der Waals surface area (Å²) in [7, 11) is 0. The number of hydrogen-bond donors (Lipinski definition) is 6. The predicted molar refractivity (Wildman–Crippen MR) is 140 cm³/mol. The Morgan fingerprint density at radius 3 is 2.32 bits per heavy atom. The van der Waals surface area contributed by atoms with Gasteiger partial charge in [0.2, 0.25) is 5.91 Å². The van der Waals surface area contributed by atoms with Gasteiger partial charge in [-0.3, -0.25) is 9.59 Å². The lowest BCUT2D eigenvalue weighted by Gasteiger charge is -2.63. The van der Waals surface area contributed by atoms with E-state index in [2.05, 4.69) is 20.8 Å². The van der Waals surface area contributed by atoms with Crippen LogP contribution in [0.15, 0.2) is 0 Å². The number of Topliss-reactive ketones (excluding diaryl/α,β-unsaturated/α-hetero) is 1. The number of primary amides is 1. The molecule has 0 aromatic rings. The maximum absolute atomic E-state index is 12.9. The number of amides is 1. The molecule has 0 aromatic carbocycles. The molecule has 216 valence electrons. The van der Waals surface area contributed by atoms with Gasteiger partial charge in [-0.25, -0.2) is 4.79 Å². The van der Waals surface area contributed by atoms with E-state index in [4.69, 9.17) is 11.5 Å². The average molecular weight is 537 g/mol. The van der Waals surface area contributed by atoms with Crippen LogP contribution >= 0.6 is 0 Å². The Labute approximate surface area is 225 Å². The second-order valence-electron chi connectivity index (χ2n) is 13.7. The van der Waals surface area contributed by atoms with Gasteiger partial charge in [0, 0.05) is 12.8 Å². The van der Waals surface area contributed by atoms with Crippen molar-refractivity contribution in [2.45, 2.75) is 115 Å². The summed E-state index contributed by atoms with van der Waals surface area (Å²) in [5.41, 5.74) is 8.57. The molecule has 4 aliphatic carbocycles. The number of nitrogens with two attached hydrogens (primary N) is 2. The zero-order chi connectivity index (χ0) is 28.2. The van der Waals surface area contributed by atoms with E-state index >= 15 is 0 Å². The Morgan fingerprint density at radius 2 is 1.68 bits per heavy atom. The average Bonchev–Trinajstić information content (AvgIpc) is 3.20. The van der Waals surface area contributed by atoms with Crippen LogP contribution in [0, 0.1) is 46.3 Å². The summed E-state index contributed by atoms with van der Waals surface area (Å²) in [5, 5.41) is 43.0. The van der Waals surface area contributed by atoms with E-state index in [1.807, 2.05) is 0 Å². The standard InChI is InChI=1S/C29H48N2O7/c1-15(4-7-22(34)29(31,26(37)38)11-9-24(30)36)18-5-6-19-25-20(14-23(35)28(18,19)3)27(2)10-8-17(32)12-16(27)13-21(25)33/h15-21,23,25,32-33,35H,4-14,31H2,1-3H3,(H2,30,36)(H,37,38). The van der Waals surface area contributed by atoms with Gasteiger partial charge in [0.25, 0.3) is 0 Å². The number of carbonyl (C=O) groups is 3. The number of rotatable bonds is 9. The number of carbonyl (C=O) groups excluding carboxylic acids is 2. The van der Waals surface area contributed by atoms with Gasteiger partial charge in [-0.2, -0.15) is 0 Å². The SMILES string of the molecule is CC(CCC(=O)C(N)(CCC(N)=O)C(=O)O)C1CCC2C3C(O)CC4CC(O)CCC4(C)C3CC(O)C12C. The fraction of sp³-hybridized carbons (Fsp3) is 0.897. The van der Waals surface area contributed by atoms with Gasteiger partial charge in [-0.1, -0.05) is 20.8 Å². The summed E-state index contributed by atoms with van der Waals surface area (Å²) in [5.74, 6) is -1.83. The van der Waals surface area contributed by atoms with Crippen LogP contribution in [0.2, 0.25) is 0 Å². The minimum absolute atomic E-state index is 0.00770. The Morgan fingerprint density at radius 1 is 1.00 bits per heavy atom. The number of hydrogen-bond acceptors (Lipinski definition) is 7. The molecule has 4 saturated carbocycles. The molecule has 0 heterocycles. The molecule has 0 bridgehead atoms. The van der Waals surface area contributed by atoms with Crippen LogP contribution < -0.4 is 11.5 Å². The lowest BCUT2D eigenvalue weighted by molar-refractivity contribution is -0.207. The number of ketones is 1. The largest absolute Gasteiger partial charge is 0.480 e. The molecule has 1 amide bonds. The van der Waals surface area contributed by atoms with Crippen molar-refractivity contribution >= 4 is 17.7 Å². The summed E-state index contributed by atoms with van der Waals surface area (Å²) in [6.45, 7) is 6.52. The van der Waals surface area contributed by atoms with Crippen LogP contribution in [-0.4, -0.2) is 61.9 Å². The smallest absolute Gasteiger partial charge is 0.331 e.